The van der Waals surface area contributed by atoms with Gasteiger partial charge in [0, 0.05) is 30.5 Å². The number of aromatic nitrogens is 1. The average Bonchev–Trinajstić information content (AvgIpc) is 2.75. The van der Waals surface area contributed by atoms with Crippen molar-refractivity contribution in [1.29, 1.82) is 0 Å². The van der Waals surface area contributed by atoms with Crippen LogP contribution in [0.15, 0.2) is 54.2 Å². The molecule has 3 rings (SSSR count). The van der Waals surface area contributed by atoms with Crippen molar-refractivity contribution >= 4 is 17.5 Å². The van der Waals surface area contributed by atoms with Crippen molar-refractivity contribution in [2.45, 2.75) is 46.0 Å². The molecule has 1 aromatic heterocycles. The van der Waals surface area contributed by atoms with E-state index in [1.54, 1.807) is 17.0 Å². The number of nitrogens with zero attached hydrogens (tertiary/aromatic N) is 2. The van der Waals surface area contributed by atoms with Crippen molar-refractivity contribution in [3.05, 3.63) is 71.1 Å². The number of amides is 2. The Bertz CT molecular complexity index is 905. The predicted molar refractivity (Wildman–Crippen MR) is 116 cm³/mol. The number of aryl methyl sites for hydroxylation is 1. The fraction of sp³-hybridized carbons (Fsp3) is 0.375. The van der Waals surface area contributed by atoms with Gasteiger partial charge in [-0.3, -0.25) is 14.6 Å². The molecule has 29 heavy (non-hydrogen) atoms. The van der Waals surface area contributed by atoms with Crippen LogP contribution in [0.3, 0.4) is 0 Å². The van der Waals surface area contributed by atoms with Gasteiger partial charge in [0.2, 0.25) is 0 Å². The second-order valence-corrected chi connectivity index (χ2v) is 7.43. The van der Waals surface area contributed by atoms with Crippen LogP contribution in [0, 0.1) is 6.92 Å². The van der Waals surface area contributed by atoms with Crippen LogP contribution in [-0.4, -0.2) is 29.9 Å². The molecule has 152 valence electrons. The Hall–Kier alpha value is -2.95. The Morgan fingerprint density at radius 2 is 2.03 bits per heavy atom. The lowest BCUT2D eigenvalue weighted by molar-refractivity contribution is 0.0949. The van der Waals surface area contributed by atoms with Gasteiger partial charge in [-0.2, -0.15) is 0 Å². The van der Waals surface area contributed by atoms with E-state index in [4.69, 9.17) is 0 Å². The molecule has 1 N–H and O–H groups in total. The van der Waals surface area contributed by atoms with E-state index < -0.39 is 0 Å². The summed E-state index contributed by atoms with van der Waals surface area (Å²) in [5.41, 5.74) is 4.10. The number of allylic oxidation sites excluding steroid dienone is 1. The first kappa shape index (κ1) is 20.8. The zero-order chi connectivity index (χ0) is 20.6. The number of pyridine rings is 1. The number of carbonyl (C=O) groups excluding carboxylic acids is 2. The van der Waals surface area contributed by atoms with Crippen LogP contribution in [0.25, 0.3) is 0 Å². The minimum absolute atomic E-state index is 0.137. The van der Waals surface area contributed by atoms with E-state index in [9.17, 15) is 9.59 Å². The molecule has 2 aromatic rings. The molecule has 2 amide bonds. The fourth-order valence-corrected chi connectivity index (χ4v) is 3.64. The van der Waals surface area contributed by atoms with Crippen molar-refractivity contribution in [2.24, 2.45) is 0 Å². The molecule has 1 aliphatic rings. The maximum absolute atomic E-state index is 13.0. The molecule has 0 saturated carbocycles. The van der Waals surface area contributed by atoms with Crippen LogP contribution in [-0.2, 0) is 0 Å². The molecule has 0 aliphatic heterocycles. The van der Waals surface area contributed by atoms with E-state index in [0.717, 1.165) is 30.5 Å². The summed E-state index contributed by atoms with van der Waals surface area (Å²) in [4.78, 5) is 31.4. The predicted octanol–water partition coefficient (Wildman–Crippen LogP) is 4.68. The third-order valence-corrected chi connectivity index (χ3v) is 5.23. The number of benzene rings is 1. The molecule has 1 aromatic carbocycles. The molecule has 5 nitrogen and oxygen atoms in total. The van der Waals surface area contributed by atoms with Gasteiger partial charge in [0.05, 0.1) is 0 Å². The SMILES string of the molecule is CCN(C(=O)c1ccnc(C(=O)NCCC2=CCCCC2)c1)c1cccc(C)c1. The van der Waals surface area contributed by atoms with Gasteiger partial charge < -0.3 is 10.2 Å². The van der Waals surface area contributed by atoms with Crippen molar-refractivity contribution in [2.75, 3.05) is 18.0 Å². The first-order chi connectivity index (χ1) is 14.1. The van der Waals surface area contributed by atoms with Crippen LogP contribution in [0.5, 0.6) is 0 Å². The number of nitrogens with one attached hydrogen (secondary N) is 1. The van der Waals surface area contributed by atoms with Crippen LogP contribution in [0.4, 0.5) is 5.69 Å². The molecule has 0 saturated heterocycles. The lowest BCUT2D eigenvalue weighted by Gasteiger charge is -2.21. The minimum atomic E-state index is -0.241. The molecule has 1 heterocycles. The number of anilines is 1. The van der Waals surface area contributed by atoms with Gasteiger partial charge >= 0.3 is 0 Å². The Balaban J connectivity index is 1.66. The minimum Gasteiger partial charge on any atom is -0.350 e. The van der Waals surface area contributed by atoms with Gasteiger partial charge in [-0.25, -0.2) is 0 Å². The van der Waals surface area contributed by atoms with Gasteiger partial charge in [-0.1, -0.05) is 23.8 Å². The van der Waals surface area contributed by atoms with Crippen molar-refractivity contribution in [3.63, 3.8) is 0 Å². The zero-order valence-corrected chi connectivity index (χ0v) is 17.3. The molecule has 0 fully saturated rings. The molecule has 0 spiro atoms. The molecule has 5 heteroatoms. The van der Waals surface area contributed by atoms with E-state index in [-0.39, 0.29) is 17.5 Å². The highest BCUT2D eigenvalue weighted by Crippen LogP contribution is 2.20. The van der Waals surface area contributed by atoms with Gasteiger partial charge in [0.1, 0.15) is 5.69 Å². The van der Waals surface area contributed by atoms with Crippen LogP contribution >= 0.6 is 0 Å². The lowest BCUT2D eigenvalue weighted by Crippen LogP contribution is -2.31. The summed E-state index contributed by atoms with van der Waals surface area (Å²) in [5.74, 6) is -0.378. The largest absolute Gasteiger partial charge is 0.350 e. The zero-order valence-electron chi connectivity index (χ0n) is 17.3. The number of rotatable bonds is 7. The Morgan fingerprint density at radius 3 is 2.76 bits per heavy atom. The van der Waals surface area contributed by atoms with E-state index in [1.165, 1.54) is 24.6 Å². The maximum atomic E-state index is 13.0. The summed E-state index contributed by atoms with van der Waals surface area (Å²) in [6.45, 7) is 5.07. The Labute approximate surface area is 172 Å². The molecule has 0 bridgehead atoms. The van der Waals surface area contributed by atoms with E-state index >= 15 is 0 Å². The highest BCUT2D eigenvalue weighted by molar-refractivity contribution is 6.07. The third-order valence-electron chi connectivity index (χ3n) is 5.23. The average molecular weight is 392 g/mol. The second-order valence-electron chi connectivity index (χ2n) is 7.43. The van der Waals surface area contributed by atoms with Crippen LogP contribution in [0.1, 0.15) is 65.4 Å². The van der Waals surface area contributed by atoms with E-state index in [0.29, 0.717) is 18.7 Å². The topological polar surface area (TPSA) is 62.3 Å². The third kappa shape index (κ3) is 5.53. The summed E-state index contributed by atoms with van der Waals surface area (Å²) in [6.07, 6.45) is 9.46. The molecule has 1 aliphatic carbocycles. The highest BCUT2D eigenvalue weighted by Gasteiger charge is 2.18. The van der Waals surface area contributed by atoms with Gasteiger partial charge in [-0.05, 0) is 75.8 Å². The molecule has 0 radical (unpaired) electrons. The lowest BCUT2D eigenvalue weighted by atomic mass is 9.97. The Kier molecular flexibility index (Phi) is 7.17. The summed E-state index contributed by atoms with van der Waals surface area (Å²) in [7, 11) is 0. The summed E-state index contributed by atoms with van der Waals surface area (Å²) in [5, 5.41) is 2.93. The van der Waals surface area contributed by atoms with Gasteiger partial charge in [0.15, 0.2) is 0 Å². The normalized spacial score (nSPS) is 13.5. The number of hydrogen-bond acceptors (Lipinski definition) is 3. The molecular formula is C24H29N3O2. The molecule has 0 atom stereocenters. The molecule has 0 unspecified atom stereocenters. The maximum Gasteiger partial charge on any atom is 0.269 e. The second kappa shape index (κ2) is 10.0. The van der Waals surface area contributed by atoms with Crippen molar-refractivity contribution in [1.82, 2.24) is 10.3 Å². The van der Waals surface area contributed by atoms with Gasteiger partial charge in [-0.15, -0.1) is 0 Å². The van der Waals surface area contributed by atoms with Crippen molar-refractivity contribution < 1.29 is 9.59 Å². The quantitative estimate of drug-likeness (QED) is 0.697. The first-order valence-corrected chi connectivity index (χ1v) is 10.4. The standard InChI is InChI=1S/C24H29N3O2/c1-3-27(21-11-7-8-18(2)16-21)24(29)20-13-15-25-22(17-20)23(28)26-14-12-19-9-5-4-6-10-19/h7-9,11,13,15-17H,3-6,10,12,14H2,1-2H3,(H,26,28). The Morgan fingerprint density at radius 1 is 1.17 bits per heavy atom. The first-order valence-electron chi connectivity index (χ1n) is 10.4. The fourth-order valence-electron chi connectivity index (χ4n) is 3.64. The van der Waals surface area contributed by atoms with Crippen molar-refractivity contribution in [3.8, 4) is 0 Å². The monoisotopic (exact) mass is 391 g/mol. The summed E-state index contributed by atoms with van der Waals surface area (Å²) in [6, 6.07) is 11.1. The van der Waals surface area contributed by atoms with Gasteiger partial charge in [0.25, 0.3) is 11.8 Å². The number of carbonyl (C=O) groups is 2. The van der Waals surface area contributed by atoms with E-state index in [1.807, 2.05) is 38.1 Å². The van der Waals surface area contributed by atoms with E-state index in [2.05, 4.69) is 16.4 Å². The molecular weight excluding hydrogens is 362 g/mol. The summed E-state index contributed by atoms with van der Waals surface area (Å²) < 4.78 is 0. The number of hydrogen-bond donors (Lipinski definition) is 1. The smallest absolute Gasteiger partial charge is 0.269 e. The van der Waals surface area contributed by atoms with Crippen LogP contribution < -0.4 is 10.2 Å². The highest BCUT2D eigenvalue weighted by atomic mass is 16.2. The summed E-state index contributed by atoms with van der Waals surface area (Å²) >= 11 is 0. The van der Waals surface area contributed by atoms with Crippen LogP contribution in [0.2, 0.25) is 0 Å².